The number of pyridine rings is 1. The summed E-state index contributed by atoms with van der Waals surface area (Å²) in [5, 5.41) is 3.48. The molecule has 3 rings (SSSR count). The van der Waals surface area contributed by atoms with Crippen LogP contribution in [0.2, 0.25) is 0 Å². The first-order chi connectivity index (χ1) is 9.34. The van der Waals surface area contributed by atoms with Crippen molar-refractivity contribution < 1.29 is 4.79 Å². The lowest BCUT2D eigenvalue weighted by Gasteiger charge is -2.17. The normalized spacial score (nSPS) is 21.7. The number of aryl methyl sites for hydroxylation is 1. The van der Waals surface area contributed by atoms with Gasteiger partial charge in [-0.3, -0.25) is 9.78 Å². The summed E-state index contributed by atoms with van der Waals surface area (Å²) in [6.07, 6.45) is 7.00. The van der Waals surface area contributed by atoms with Crippen molar-refractivity contribution in [2.75, 3.05) is 19.6 Å². The molecule has 1 aromatic heterocycles. The van der Waals surface area contributed by atoms with Gasteiger partial charge in [0.05, 0.1) is 11.7 Å². The Kier molecular flexibility index (Phi) is 3.78. The van der Waals surface area contributed by atoms with E-state index in [1.54, 1.807) is 0 Å². The van der Waals surface area contributed by atoms with Gasteiger partial charge in [-0.15, -0.1) is 0 Å². The molecule has 0 bridgehead atoms. The van der Waals surface area contributed by atoms with Gasteiger partial charge in [0.15, 0.2) is 0 Å². The predicted molar refractivity (Wildman–Crippen MR) is 73.7 cm³/mol. The van der Waals surface area contributed by atoms with Crippen LogP contribution < -0.4 is 5.32 Å². The van der Waals surface area contributed by atoms with Gasteiger partial charge in [0.1, 0.15) is 0 Å². The molecule has 2 aliphatic rings. The van der Waals surface area contributed by atoms with Gasteiger partial charge in [-0.05, 0) is 37.3 Å². The van der Waals surface area contributed by atoms with E-state index in [2.05, 4.69) is 16.4 Å². The Morgan fingerprint density at radius 3 is 3.11 bits per heavy atom. The van der Waals surface area contributed by atoms with Crippen LogP contribution in [-0.2, 0) is 11.2 Å². The van der Waals surface area contributed by atoms with E-state index in [0.717, 1.165) is 32.5 Å². The molecule has 1 fully saturated rings. The molecule has 1 aliphatic heterocycles. The SMILES string of the molecule is O=C(CCNC1CCc2cccnc21)N1CCCC1. The van der Waals surface area contributed by atoms with Crippen molar-refractivity contribution in [3.63, 3.8) is 0 Å². The molecule has 1 N–H and O–H groups in total. The van der Waals surface area contributed by atoms with Gasteiger partial charge in [-0.25, -0.2) is 0 Å². The maximum Gasteiger partial charge on any atom is 0.223 e. The van der Waals surface area contributed by atoms with Crippen LogP contribution in [0.3, 0.4) is 0 Å². The molecule has 0 aromatic carbocycles. The first-order valence-electron chi connectivity index (χ1n) is 7.29. The van der Waals surface area contributed by atoms with Crippen LogP contribution in [0, 0.1) is 0 Å². The molecule has 1 aliphatic carbocycles. The number of carbonyl (C=O) groups excluding carboxylic acids is 1. The first kappa shape index (κ1) is 12.6. The van der Waals surface area contributed by atoms with Gasteiger partial charge in [0.2, 0.25) is 5.91 Å². The summed E-state index contributed by atoms with van der Waals surface area (Å²) < 4.78 is 0. The van der Waals surface area contributed by atoms with E-state index in [-0.39, 0.29) is 0 Å². The second-order valence-electron chi connectivity index (χ2n) is 5.43. The van der Waals surface area contributed by atoms with Gasteiger partial charge in [-0.1, -0.05) is 6.07 Å². The Hall–Kier alpha value is -1.42. The molecule has 1 saturated heterocycles. The molecule has 19 heavy (non-hydrogen) atoms. The minimum absolute atomic E-state index is 0.296. The smallest absolute Gasteiger partial charge is 0.223 e. The fraction of sp³-hybridized carbons (Fsp3) is 0.600. The minimum atomic E-state index is 0.296. The Labute approximate surface area is 114 Å². The quantitative estimate of drug-likeness (QED) is 0.894. The lowest BCUT2D eigenvalue weighted by molar-refractivity contribution is -0.130. The molecule has 102 valence electrons. The van der Waals surface area contributed by atoms with E-state index < -0.39 is 0 Å². The van der Waals surface area contributed by atoms with Crippen molar-refractivity contribution >= 4 is 5.91 Å². The summed E-state index contributed by atoms with van der Waals surface area (Å²) in [5.41, 5.74) is 2.53. The monoisotopic (exact) mass is 259 g/mol. The second kappa shape index (κ2) is 5.70. The highest BCUT2D eigenvalue weighted by atomic mass is 16.2. The fourth-order valence-corrected chi connectivity index (χ4v) is 3.09. The number of carbonyl (C=O) groups is 1. The van der Waals surface area contributed by atoms with Crippen molar-refractivity contribution in [3.05, 3.63) is 29.6 Å². The summed E-state index contributed by atoms with van der Waals surface area (Å²) >= 11 is 0. The van der Waals surface area contributed by atoms with Gasteiger partial charge >= 0.3 is 0 Å². The van der Waals surface area contributed by atoms with Crippen LogP contribution in [0.15, 0.2) is 18.3 Å². The number of aromatic nitrogens is 1. The van der Waals surface area contributed by atoms with Crippen molar-refractivity contribution in [3.8, 4) is 0 Å². The van der Waals surface area contributed by atoms with E-state index in [9.17, 15) is 4.79 Å². The molecule has 4 nitrogen and oxygen atoms in total. The summed E-state index contributed by atoms with van der Waals surface area (Å²) in [6, 6.07) is 4.49. The molecular formula is C15H21N3O. The lowest BCUT2D eigenvalue weighted by Crippen LogP contribution is -2.31. The number of hydrogen-bond acceptors (Lipinski definition) is 3. The van der Waals surface area contributed by atoms with Gasteiger partial charge in [0, 0.05) is 32.3 Å². The number of fused-ring (bicyclic) bond motifs is 1. The molecule has 0 spiro atoms. The maximum absolute atomic E-state index is 11.9. The average molecular weight is 259 g/mol. The highest BCUT2D eigenvalue weighted by Gasteiger charge is 2.23. The molecule has 4 heteroatoms. The molecule has 1 aromatic rings. The Bertz CT molecular complexity index is 454. The average Bonchev–Trinajstić information content (AvgIpc) is 3.08. The standard InChI is InChI=1S/C15H21N3O/c19-14(18-10-1-2-11-18)7-9-16-13-6-5-12-4-3-8-17-15(12)13/h3-4,8,13,16H,1-2,5-7,9-11H2. The third-order valence-corrected chi connectivity index (χ3v) is 4.15. The summed E-state index contributed by atoms with van der Waals surface area (Å²) in [6.45, 7) is 2.66. The highest BCUT2D eigenvalue weighted by molar-refractivity contribution is 5.76. The van der Waals surface area contributed by atoms with Crippen LogP contribution in [0.5, 0.6) is 0 Å². The number of hydrogen-bond donors (Lipinski definition) is 1. The molecule has 1 atom stereocenters. The number of likely N-dealkylation sites (tertiary alicyclic amines) is 1. The third-order valence-electron chi connectivity index (χ3n) is 4.15. The van der Waals surface area contributed by atoms with Crippen LogP contribution in [0.4, 0.5) is 0 Å². The van der Waals surface area contributed by atoms with Crippen LogP contribution in [0.1, 0.15) is 43.0 Å². The molecule has 2 heterocycles. The van der Waals surface area contributed by atoms with Gasteiger partial charge in [-0.2, -0.15) is 0 Å². The maximum atomic E-state index is 11.9. The lowest BCUT2D eigenvalue weighted by atomic mass is 10.2. The van der Waals surface area contributed by atoms with Crippen LogP contribution in [0.25, 0.3) is 0 Å². The first-order valence-corrected chi connectivity index (χ1v) is 7.29. The topological polar surface area (TPSA) is 45.2 Å². The van der Waals surface area contributed by atoms with E-state index in [4.69, 9.17) is 0 Å². The second-order valence-corrected chi connectivity index (χ2v) is 5.43. The summed E-state index contributed by atoms with van der Waals surface area (Å²) in [5.74, 6) is 0.296. The number of nitrogens with one attached hydrogen (secondary N) is 1. The van der Waals surface area contributed by atoms with E-state index in [1.165, 1.54) is 24.1 Å². The van der Waals surface area contributed by atoms with E-state index in [0.29, 0.717) is 18.4 Å². The van der Waals surface area contributed by atoms with Gasteiger partial charge < -0.3 is 10.2 Å². The third kappa shape index (κ3) is 2.78. The van der Waals surface area contributed by atoms with Crippen LogP contribution >= 0.6 is 0 Å². The Morgan fingerprint density at radius 2 is 2.26 bits per heavy atom. The molecule has 0 radical (unpaired) electrons. The van der Waals surface area contributed by atoms with Crippen LogP contribution in [-0.4, -0.2) is 35.4 Å². The Morgan fingerprint density at radius 1 is 1.42 bits per heavy atom. The van der Waals surface area contributed by atoms with Crippen molar-refractivity contribution in [2.24, 2.45) is 0 Å². The zero-order valence-electron chi connectivity index (χ0n) is 11.3. The zero-order valence-corrected chi connectivity index (χ0v) is 11.3. The van der Waals surface area contributed by atoms with E-state index >= 15 is 0 Å². The fourth-order valence-electron chi connectivity index (χ4n) is 3.09. The summed E-state index contributed by atoms with van der Waals surface area (Å²) in [7, 11) is 0. The molecule has 1 unspecified atom stereocenters. The van der Waals surface area contributed by atoms with Crippen molar-refractivity contribution in [2.45, 2.75) is 38.1 Å². The van der Waals surface area contributed by atoms with Gasteiger partial charge in [0.25, 0.3) is 0 Å². The summed E-state index contributed by atoms with van der Waals surface area (Å²) in [4.78, 5) is 18.4. The number of rotatable bonds is 4. The number of nitrogens with zero attached hydrogens (tertiary/aromatic N) is 2. The molecule has 0 saturated carbocycles. The minimum Gasteiger partial charge on any atom is -0.343 e. The largest absolute Gasteiger partial charge is 0.343 e. The highest BCUT2D eigenvalue weighted by Crippen LogP contribution is 2.28. The Balaban J connectivity index is 1.47. The predicted octanol–water partition coefficient (Wildman–Crippen LogP) is 1.67. The van der Waals surface area contributed by atoms with Crippen molar-refractivity contribution in [1.29, 1.82) is 0 Å². The van der Waals surface area contributed by atoms with E-state index in [1.807, 2.05) is 17.2 Å². The zero-order chi connectivity index (χ0) is 13.1. The molecular weight excluding hydrogens is 238 g/mol. The van der Waals surface area contributed by atoms with Crippen molar-refractivity contribution in [1.82, 2.24) is 15.2 Å². The number of amides is 1. The molecule has 1 amide bonds.